The quantitative estimate of drug-likeness (QED) is 0.630. The van der Waals surface area contributed by atoms with Crippen LogP contribution in [0.1, 0.15) is 5.56 Å². The van der Waals surface area contributed by atoms with E-state index in [-0.39, 0.29) is 0 Å². The van der Waals surface area contributed by atoms with E-state index in [2.05, 4.69) is 29.6 Å². The number of hydrogen-bond donors (Lipinski definition) is 1. The Bertz CT molecular complexity index is 832. The Morgan fingerprint density at radius 1 is 0.760 bits per heavy atom. The van der Waals surface area contributed by atoms with Crippen molar-refractivity contribution in [3.63, 3.8) is 0 Å². The highest BCUT2D eigenvalue weighted by Gasteiger charge is 2.08. The molecule has 4 nitrogen and oxygen atoms in total. The van der Waals surface area contributed by atoms with Crippen molar-refractivity contribution in [3.05, 3.63) is 66.2 Å². The molecule has 3 rings (SSSR count). The molecule has 0 aromatic heterocycles. The van der Waals surface area contributed by atoms with Gasteiger partial charge in [-0.1, -0.05) is 42.5 Å². The standard InChI is InChI=1S/C21H23NO3/c1-22-15-18-17-8-4-3-7-16(17)11-12-19(18)24-13-14-25-21-10-6-5-9-20(21)23-2/h3-12,22H,13-15H2,1-2H3. The Morgan fingerprint density at radius 2 is 1.44 bits per heavy atom. The van der Waals surface area contributed by atoms with Gasteiger partial charge in [0.1, 0.15) is 19.0 Å². The van der Waals surface area contributed by atoms with Gasteiger partial charge in [-0.25, -0.2) is 0 Å². The molecule has 4 heteroatoms. The van der Waals surface area contributed by atoms with E-state index in [9.17, 15) is 0 Å². The van der Waals surface area contributed by atoms with Crippen molar-refractivity contribution in [2.45, 2.75) is 6.54 Å². The second-order valence-electron chi connectivity index (χ2n) is 5.64. The summed E-state index contributed by atoms with van der Waals surface area (Å²) in [6.45, 7) is 1.67. The molecule has 3 aromatic rings. The minimum atomic E-state index is 0.451. The Morgan fingerprint density at radius 3 is 2.20 bits per heavy atom. The summed E-state index contributed by atoms with van der Waals surface area (Å²) in [7, 11) is 3.58. The Balaban J connectivity index is 1.67. The van der Waals surface area contributed by atoms with Crippen LogP contribution < -0.4 is 19.5 Å². The first-order valence-electron chi connectivity index (χ1n) is 8.37. The summed E-state index contributed by atoms with van der Waals surface area (Å²) in [6.07, 6.45) is 0. The maximum atomic E-state index is 5.99. The van der Waals surface area contributed by atoms with Gasteiger partial charge in [0.2, 0.25) is 0 Å². The fourth-order valence-electron chi connectivity index (χ4n) is 2.85. The first-order valence-corrected chi connectivity index (χ1v) is 8.37. The molecule has 0 spiro atoms. The summed E-state index contributed by atoms with van der Waals surface area (Å²) in [6, 6.07) is 20.1. The van der Waals surface area contributed by atoms with Crippen LogP contribution in [-0.2, 0) is 6.54 Å². The summed E-state index contributed by atoms with van der Waals surface area (Å²) >= 11 is 0. The zero-order chi connectivity index (χ0) is 17.5. The molecule has 0 heterocycles. The van der Waals surface area contributed by atoms with Crippen LogP contribution in [0.3, 0.4) is 0 Å². The van der Waals surface area contributed by atoms with Gasteiger partial charge in [-0.2, -0.15) is 0 Å². The summed E-state index contributed by atoms with van der Waals surface area (Å²) in [5.41, 5.74) is 1.16. The average molecular weight is 337 g/mol. The van der Waals surface area contributed by atoms with Crippen LogP contribution in [0.15, 0.2) is 60.7 Å². The van der Waals surface area contributed by atoms with Crippen LogP contribution >= 0.6 is 0 Å². The van der Waals surface area contributed by atoms with Gasteiger partial charge < -0.3 is 19.5 Å². The average Bonchev–Trinajstić information content (AvgIpc) is 2.67. The molecule has 1 N–H and O–H groups in total. The number of rotatable bonds is 8. The molecule has 0 atom stereocenters. The molecule has 0 radical (unpaired) electrons. The van der Waals surface area contributed by atoms with Gasteiger partial charge in [0.15, 0.2) is 11.5 Å². The van der Waals surface area contributed by atoms with Gasteiger partial charge in [0, 0.05) is 12.1 Å². The van der Waals surface area contributed by atoms with Crippen LogP contribution in [0, 0.1) is 0 Å². The topological polar surface area (TPSA) is 39.7 Å². The molecule has 0 unspecified atom stereocenters. The molecule has 130 valence electrons. The smallest absolute Gasteiger partial charge is 0.161 e. The van der Waals surface area contributed by atoms with E-state index in [1.54, 1.807) is 7.11 Å². The fourth-order valence-corrected chi connectivity index (χ4v) is 2.85. The SMILES string of the molecule is CNCc1c(OCCOc2ccccc2OC)ccc2ccccc12. The van der Waals surface area contributed by atoms with Crippen molar-refractivity contribution in [1.82, 2.24) is 5.32 Å². The summed E-state index contributed by atoms with van der Waals surface area (Å²) < 4.78 is 17.0. The maximum absolute atomic E-state index is 5.99. The number of para-hydroxylation sites is 2. The minimum Gasteiger partial charge on any atom is -0.493 e. The van der Waals surface area contributed by atoms with Gasteiger partial charge in [-0.15, -0.1) is 0 Å². The first kappa shape index (κ1) is 17.1. The predicted molar refractivity (Wildman–Crippen MR) is 101 cm³/mol. The van der Waals surface area contributed by atoms with E-state index in [1.165, 1.54) is 10.8 Å². The van der Waals surface area contributed by atoms with Crippen LogP contribution in [0.5, 0.6) is 17.2 Å². The monoisotopic (exact) mass is 337 g/mol. The van der Waals surface area contributed by atoms with E-state index in [0.717, 1.165) is 29.4 Å². The second kappa shape index (κ2) is 8.40. The summed E-state index contributed by atoms with van der Waals surface area (Å²) in [4.78, 5) is 0. The van der Waals surface area contributed by atoms with Crippen molar-refractivity contribution in [2.24, 2.45) is 0 Å². The Kier molecular flexibility index (Phi) is 5.75. The lowest BCUT2D eigenvalue weighted by atomic mass is 10.0. The number of nitrogens with one attached hydrogen (secondary N) is 1. The van der Waals surface area contributed by atoms with Gasteiger partial charge in [0.05, 0.1) is 7.11 Å². The highest BCUT2D eigenvalue weighted by Crippen LogP contribution is 2.28. The van der Waals surface area contributed by atoms with Crippen LogP contribution in [-0.4, -0.2) is 27.4 Å². The third-order valence-corrected chi connectivity index (χ3v) is 4.02. The highest BCUT2D eigenvalue weighted by molar-refractivity contribution is 5.87. The van der Waals surface area contributed by atoms with Crippen LogP contribution in [0.2, 0.25) is 0 Å². The molecule has 0 amide bonds. The van der Waals surface area contributed by atoms with Crippen molar-refractivity contribution >= 4 is 10.8 Å². The molecule has 25 heavy (non-hydrogen) atoms. The van der Waals surface area contributed by atoms with Crippen molar-refractivity contribution in [1.29, 1.82) is 0 Å². The fraction of sp³-hybridized carbons (Fsp3) is 0.238. The number of ether oxygens (including phenoxy) is 3. The van der Waals surface area contributed by atoms with Crippen LogP contribution in [0.4, 0.5) is 0 Å². The van der Waals surface area contributed by atoms with E-state index in [1.807, 2.05) is 43.4 Å². The molecular formula is C21H23NO3. The third kappa shape index (κ3) is 4.03. The number of fused-ring (bicyclic) bond motifs is 1. The third-order valence-electron chi connectivity index (χ3n) is 4.02. The molecule has 0 saturated carbocycles. The lowest BCUT2D eigenvalue weighted by Crippen LogP contribution is -2.12. The second-order valence-corrected chi connectivity index (χ2v) is 5.64. The van der Waals surface area contributed by atoms with Gasteiger partial charge in [-0.3, -0.25) is 0 Å². The largest absolute Gasteiger partial charge is 0.493 e. The van der Waals surface area contributed by atoms with Crippen molar-refractivity contribution in [3.8, 4) is 17.2 Å². The van der Waals surface area contributed by atoms with E-state index < -0.39 is 0 Å². The molecule has 0 aliphatic rings. The number of methoxy groups -OCH3 is 1. The molecule has 0 saturated heterocycles. The van der Waals surface area contributed by atoms with Gasteiger partial charge >= 0.3 is 0 Å². The molecule has 0 aliphatic carbocycles. The normalized spacial score (nSPS) is 10.6. The van der Waals surface area contributed by atoms with Crippen molar-refractivity contribution in [2.75, 3.05) is 27.4 Å². The maximum Gasteiger partial charge on any atom is 0.161 e. The predicted octanol–water partition coefficient (Wildman–Crippen LogP) is 4.03. The molecule has 0 aliphatic heterocycles. The lowest BCUT2D eigenvalue weighted by Gasteiger charge is -2.15. The molecule has 0 bridgehead atoms. The highest BCUT2D eigenvalue weighted by atomic mass is 16.5. The van der Waals surface area contributed by atoms with Gasteiger partial charge in [0.25, 0.3) is 0 Å². The van der Waals surface area contributed by atoms with E-state index >= 15 is 0 Å². The van der Waals surface area contributed by atoms with E-state index in [4.69, 9.17) is 14.2 Å². The number of benzene rings is 3. The minimum absolute atomic E-state index is 0.451. The van der Waals surface area contributed by atoms with E-state index in [0.29, 0.717) is 13.2 Å². The lowest BCUT2D eigenvalue weighted by molar-refractivity contribution is 0.210. The Labute approximate surface area is 148 Å². The Hall–Kier alpha value is -2.72. The van der Waals surface area contributed by atoms with Gasteiger partial charge in [-0.05, 0) is 36.0 Å². The zero-order valence-electron chi connectivity index (χ0n) is 14.6. The molecule has 3 aromatic carbocycles. The molecular weight excluding hydrogens is 314 g/mol. The summed E-state index contributed by atoms with van der Waals surface area (Å²) in [5.74, 6) is 2.34. The summed E-state index contributed by atoms with van der Waals surface area (Å²) in [5, 5.41) is 5.64. The molecule has 0 fully saturated rings. The zero-order valence-corrected chi connectivity index (χ0v) is 14.6. The van der Waals surface area contributed by atoms with Crippen LogP contribution in [0.25, 0.3) is 10.8 Å². The first-order chi connectivity index (χ1) is 12.3. The van der Waals surface area contributed by atoms with Crippen molar-refractivity contribution < 1.29 is 14.2 Å². The number of hydrogen-bond acceptors (Lipinski definition) is 4.